The summed E-state index contributed by atoms with van der Waals surface area (Å²) in [5.41, 5.74) is 0.764. The molecule has 7 heteroatoms. The van der Waals surface area contributed by atoms with Crippen molar-refractivity contribution < 1.29 is 14.3 Å². The number of morpholine rings is 1. The zero-order valence-corrected chi connectivity index (χ0v) is 14.3. The second-order valence-electron chi connectivity index (χ2n) is 6.16. The number of anilines is 1. The molecule has 2 saturated heterocycles. The summed E-state index contributed by atoms with van der Waals surface area (Å²) in [5.74, 6) is 0.00370. The van der Waals surface area contributed by atoms with Crippen LogP contribution in [0.2, 0.25) is 5.02 Å². The van der Waals surface area contributed by atoms with Gasteiger partial charge in [0, 0.05) is 29.4 Å². The van der Waals surface area contributed by atoms with E-state index < -0.39 is 4.87 Å². The molecule has 3 aliphatic rings. The monoisotopic (exact) mass is 352 g/mol. The molecule has 2 fully saturated rings. The van der Waals surface area contributed by atoms with Gasteiger partial charge >= 0.3 is 0 Å². The summed E-state index contributed by atoms with van der Waals surface area (Å²) in [6, 6.07) is 5.48. The van der Waals surface area contributed by atoms with Gasteiger partial charge in [-0.2, -0.15) is 0 Å². The predicted octanol–water partition coefficient (Wildman–Crippen LogP) is 2.52. The Morgan fingerprint density at radius 2 is 2.30 bits per heavy atom. The minimum absolute atomic E-state index is 0.00632. The Balaban J connectivity index is 1.72. The van der Waals surface area contributed by atoms with E-state index in [1.165, 1.54) is 11.8 Å². The number of ether oxygens (including phenoxy) is 1. The topological polar surface area (TPSA) is 49.9 Å². The number of amides is 2. The van der Waals surface area contributed by atoms with E-state index in [0.29, 0.717) is 37.6 Å². The first-order valence-corrected chi connectivity index (χ1v) is 8.93. The minimum Gasteiger partial charge on any atom is -0.375 e. The molecule has 122 valence electrons. The van der Waals surface area contributed by atoms with Crippen molar-refractivity contribution in [3.63, 3.8) is 0 Å². The number of nitrogens with zero attached hydrogens (tertiary/aromatic N) is 2. The van der Waals surface area contributed by atoms with E-state index in [-0.39, 0.29) is 17.9 Å². The highest BCUT2D eigenvalue weighted by atomic mass is 35.5. The lowest BCUT2D eigenvalue weighted by Crippen LogP contribution is -2.57. The maximum absolute atomic E-state index is 13.3. The summed E-state index contributed by atoms with van der Waals surface area (Å²) in [5, 5.41) is 0.576. The van der Waals surface area contributed by atoms with Crippen LogP contribution in [0.4, 0.5) is 5.69 Å². The molecule has 3 heterocycles. The number of rotatable bonds is 1. The lowest BCUT2D eigenvalue weighted by Gasteiger charge is -2.38. The van der Waals surface area contributed by atoms with Crippen molar-refractivity contribution in [1.82, 2.24) is 4.90 Å². The number of fused-ring (bicyclic) bond motifs is 3. The van der Waals surface area contributed by atoms with Crippen LogP contribution in [0, 0.1) is 0 Å². The van der Waals surface area contributed by atoms with Crippen molar-refractivity contribution in [2.24, 2.45) is 0 Å². The molecule has 2 amide bonds. The van der Waals surface area contributed by atoms with Gasteiger partial charge in [0.25, 0.3) is 5.91 Å². The molecular weight excluding hydrogens is 336 g/mol. The average molecular weight is 353 g/mol. The number of benzene rings is 1. The third-order valence-corrected chi connectivity index (χ3v) is 6.29. The summed E-state index contributed by atoms with van der Waals surface area (Å²) in [7, 11) is 0. The molecule has 0 bridgehead atoms. The van der Waals surface area contributed by atoms with E-state index in [1.807, 2.05) is 17.9 Å². The van der Waals surface area contributed by atoms with Crippen LogP contribution < -0.4 is 4.90 Å². The number of hydrogen-bond donors (Lipinski definition) is 0. The van der Waals surface area contributed by atoms with E-state index in [1.54, 1.807) is 17.0 Å². The van der Waals surface area contributed by atoms with Crippen LogP contribution in [0.3, 0.4) is 0 Å². The molecule has 0 N–H and O–H groups in total. The maximum Gasteiger partial charge on any atom is 0.260 e. The van der Waals surface area contributed by atoms with Crippen molar-refractivity contribution >= 4 is 40.9 Å². The minimum atomic E-state index is -0.846. The first-order chi connectivity index (χ1) is 11.0. The second kappa shape index (κ2) is 5.40. The zero-order valence-electron chi connectivity index (χ0n) is 12.8. The molecule has 5 nitrogen and oxygen atoms in total. The molecule has 3 aliphatic heterocycles. The quantitative estimate of drug-likeness (QED) is 0.779. The van der Waals surface area contributed by atoms with Gasteiger partial charge in [-0.25, -0.2) is 0 Å². The van der Waals surface area contributed by atoms with Crippen LogP contribution in [-0.2, 0) is 14.3 Å². The Morgan fingerprint density at radius 3 is 3.09 bits per heavy atom. The molecular formula is C16H17ClN2O3S. The third-order valence-electron chi connectivity index (χ3n) is 4.59. The summed E-state index contributed by atoms with van der Waals surface area (Å²) in [6.07, 6.45) is 0.954. The van der Waals surface area contributed by atoms with Gasteiger partial charge in [-0.1, -0.05) is 23.4 Å². The van der Waals surface area contributed by atoms with Crippen molar-refractivity contribution in [2.45, 2.75) is 35.6 Å². The van der Waals surface area contributed by atoms with Crippen LogP contribution in [0.1, 0.15) is 19.8 Å². The SMILES string of the molecule is C[C@@H]1CN(C(=O)[C@@]23CCC(=O)N2c2cc(Cl)ccc2S3)CCO1. The van der Waals surface area contributed by atoms with Crippen molar-refractivity contribution in [1.29, 1.82) is 0 Å². The largest absolute Gasteiger partial charge is 0.375 e. The van der Waals surface area contributed by atoms with E-state index in [0.717, 1.165) is 10.6 Å². The van der Waals surface area contributed by atoms with Crippen LogP contribution in [0.25, 0.3) is 0 Å². The van der Waals surface area contributed by atoms with Gasteiger partial charge in [0.15, 0.2) is 4.87 Å². The highest BCUT2D eigenvalue weighted by Gasteiger charge is 2.58. The third kappa shape index (κ3) is 2.27. The Labute approximate surface area is 143 Å². The van der Waals surface area contributed by atoms with Crippen LogP contribution in [-0.4, -0.2) is 47.4 Å². The standard InChI is InChI=1S/C16H17ClN2O3S/c1-10-9-18(6-7-22-10)15(21)16-5-4-14(20)19(16)12-8-11(17)2-3-13(12)23-16/h2-3,8,10H,4-7,9H2,1H3/t10-,16+/m1/s1. The number of hydrogen-bond acceptors (Lipinski definition) is 4. The lowest BCUT2D eigenvalue weighted by atomic mass is 10.1. The van der Waals surface area contributed by atoms with E-state index in [2.05, 4.69) is 0 Å². The fraction of sp³-hybridized carbons (Fsp3) is 0.500. The summed E-state index contributed by atoms with van der Waals surface area (Å²) < 4.78 is 5.53. The Kier molecular flexibility index (Phi) is 3.59. The fourth-order valence-electron chi connectivity index (χ4n) is 3.56. The van der Waals surface area contributed by atoms with Gasteiger partial charge < -0.3 is 9.64 Å². The first-order valence-electron chi connectivity index (χ1n) is 7.74. The Hall–Kier alpha value is -1.24. The van der Waals surface area contributed by atoms with Gasteiger partial charge in [-0.05, 0) is 31.5 Å². The molecule has 4 rings (SSSR count). The van der Waals surface area contributed by atoms with Crippen molar-refractivity contribution in [2.75, 3.05) is 24.6 Å². The fourth-order valence-corrected chi connectivity index (χ4v) is 5.19. The van der Waals surface area contributed by atoms with Crippen LogP contribution in [0.15, 0.2) is 23.1 Å². The Morgan fingerprint density at radius 1 is 1.48 bits per heavy atom. The second-order valence-corrected chi connectivity index (χ2v) is 7.92. The first kappa shape index (κ1) is 15.3. The number of carbonyl (C=O) groups is 2. The zero-order chi connectivity index (χ0) is 16.2. The van der Waals surface area contributed by atoms with Crippen molar-refractivity contribution in [3.05, 3.63) is 23.2 Å². The average Bonchev–Trinajstić information content (AvgIpc) is 3.03. The molecule has 0 aliphatic carbocycles. The Bertz CT molecular complexity index is 698. The van der Waals surface area contributed by atoms with Gasteiger partial charge in [0.2, 0.25) is 5.91 Å². The summed E-state index contributed by atoms with van der Waals surface area (Å²) >= 11 is 7.58. The molecule has 0 aromatic heterocycles. The summed E-state index contributed by atoms with van der Waals surface area (Å²) in [6.45, 7) is 3.65. The van der Waals surface area contributed by atoms with Gasteiger partial charge in [0.1, 0.15) is 0 Å². The lowest BCUT2D eigenvalue weighted by molar-refractivity contribution is -0.140. The molecule has 1 aromatic carbocycles. The highest BCUT2D eigenvalue weighted by molar-refractivity contribution is 8.02. The normalized spacial score (nSPS) is 29.7. The predicted molar refractivity (Wildman–Crippen MR) is 88.8 cm³/mol. The van der Waals surface area contributed by atoms with Gasteiger partial charge in [0.05, 0.1) is 18.4 Å². The molecule has 0 radical (unpaired) electrons. The molecule has 1 aromatic rings. The van der Waals surface area contributed by atoms with E-state index in [9.17, 15) is 9.59 Å². The number of thioether (sulfide) groups is 1. The molecule has 0 saturated carbocycles. The summed E-state index contributed by atoms with van der Waals surface area (Å²) in [4.78, 5) is 29.3. The van der Waals surface area contributed by atoms with Gasteiger partial charge in [-0.3, -0.25) is 14.5 Å². The maximum atomic E-state index is 13.3. The molecule has 0 spiro atoms. The van der Waals surface area contributed by atoms with Gasteiger partial charge in [-0.15, -0.1) is 0 Å². The smallest absolute Gasteiger partial charge is 0.260 e. The molecule has 0 unspecified atom stereocenters. The molecule has 2 atom stereocenters. The van der Waals surface area contributed by atoms with Crippen LogP contribution in [0.5, 0.6) is 0 Å². The van der Waals surface area contributed by atoms with E-state index in [4.69, 9.17) is 16.3 Å². The number of carbonyl (C=O) groups excluding carboxylic acids is 2. The molecule has 23 heavy (non-hydrogen) atoms. The number of halogens is 1. The highest BCUT2D eigenvalue weighted by Crippen LogP contribution is 2.57. The van der Waals surface area contributed by atoms with Crippen LogP contribution >= 0.6 is 23.4 Å². The van der Waals surface area contributed by atoms with Crippen molar-refractivity contribution in [3.8, 4) is 0 Å². The van der Waals surface area contributed by atoms with E-state index >= 15 is 0 Å².